The molecule has 92 valence electrons. The number of hydrogen-bond donors (Lipinski definition) is 2. The number of aromatic amines is 1. The van der Waals surface area contributed by atoms with E-state index in [-0.39, 0.29) is 17.7 Å². The zero-order valence-electron chi connectivity index (χ0n) is 9.89. The number of hydrogen-bond acceptors (Lipinski definition) is 4. The van der Waals surface area contributed by atoms with Gasteiger partial charge in [-0.3, -0.25) is 14.3 Å². The van der Waals surface area contributed by atoms with E-state index in [2.05, 4.69) is 9.97 Å². The molecule has 0 aliphatic rings. The second-order valence-electron chi connectivity index (χ2n) is 4.68. The minimum absolute atomic E-state index is 0.227. The first-order valence-corrected chi connectivity index (χ1v) is 5.16. The van der Waals surface area contributed by atoms with Gasteiger partial charge in [0.1, 0.15) is 0 Å². The van der Waals surface area contributed by atoms with E-state index in [0.717, 1.165) is 4.57 Å². The van der Waals surface area contributed by atoms with Crippen LogP contribution in [0.15, 0.2) is 15.9 Å². The molecule has 0 saturated heterocycles. The number of fused-ring (bicyclic) bond motifs is 1. The molecule has 7 heteroatoms. The molecule has 0 aliphatic heterocycles. The van der Waals surface area contributed by atoms with Crippen molar-refractivity contribution in [2.24, 2.45) is 7.05 Å². The first-order valence-electron chi connectivity index (χ1n) is 5.16. The van der Waals surface area contributed by atoms with Crippen molar-refractivity contribution in [1.29, 1.82) is 0 Å². The van der Waals surface area contributed by atoms with Gasteiger partial charge in [-0.25, -0.2) is 9.78 Å². The zero-order valence-corrected chi connectivity index (χ0v) is 9.89. The van der Waals surface area contributed by atoms with Gasteiger partial charge in [0.15, 0.2) is 11.2 Å². The lowest BCUT2D eigenvalue weighted by Crippen LogP contribution is -2.34. The summed E-state index contributed by atoms with van der Waals surface area (Å²) in [5.74, 6) is 0. The summed E-state index contributed by atoms with van der Waals surface area (Å²) in [6.45, 7) is 3.49. The van der Waals surface area contributed by atoms with Crippen LogP contribution >= 0.6 is 0 Å². The van der Waals surface area contributed by atoms with Crippen molar-refractivity contribution in [2.75, 3.05) is 0 Å². The molecule has 0 aliphatic carbocycles. The van der Waals surface area contributed by atoms with E-state index in [1.807, 2.05) is 0 Å². The van der Waals surface area contributed by atoms with E-state index in [0.29, 0.717) is 0 Å². The van der Waals surface area contributed by atoms with Crippen LogP contribution in [0, 0.1) is 0 Å². The Kier molecular flexibility index (Phi) is 2.43. The fraction of sp³-hybridized carbons (Fsp3) is 0.500. The highest BCUT2D eigenvalue weighted by molar-refractivity contribution is 5.69. The van der Waals surface area contributed by atoms with Crippen LogP contribution in [-0.2, 0) is 13.6 Å². The summed E-state index contributed by atoms with van der Waals surface area (Å²) < 4.78 is 2.51. The Morgan fingerprint density at radius 3 is 2.71 bits per heavy atom. The van der Waals surface area contributed by atoms with Gasteiger partial charge in [-0.05, 0) is 13.8 Å². The topological polar surface area (TPSA) is 92.9 Å². The molecule has 2 N–H and O–H groups in total. The van der Waals surface area contributed by atoms with Gasteiger partial charge in [-0.1, -0.05) is 0 Å². The number of H-pyrrole nitrogens is 1. The molecule has 0 spiro atoms. The summed E-state index contributed by atoms with van der Waals surface area (Å²) in [4.78, 5) is 29.7. The van der Waals surface area contributed by atoms with Crippen LogP contribution in [0.1, 0.15) is 13.8 Å². The molecule has 0 atom stereocenters. The summed E-state index contributed by atoms with van der Waals surface area (Å²) in [7, 11) is 1.39. The number of rotatable bonds is 2. The van der Waals surface area contributed by atoms with E-state index >= 15 is 0 Å². The van der Waals surface area contributed by atoms with Crippen LogP contribution in [0.2, 0.25) is 0 Å². The fourth-order valence-corrected chi connectivity index (χ4v) is 1.67. The summed E-state index contributed by atoms with van der Waals surface area (Å²) >= 11 is 0. The number of aliphatic hydroxyl groups is 1. The maximum absolute atomic E-state index is 11.9. The average molecular weight is 238 g/mol. The van der Waals surface area contributed by atoms with Gasteiger partial charge >= 0.3 is 5.69 Å². The van der Waals surface area contributed by atoms with E-state index in [1.54, 1.807) is 13.8 Å². The lowest BCUT2D eigenvalue weighted by Gasteiger charge is -2.17. The SMILES string of the molecule is Cn1c(=O)[nH]c2ncn(CC(C)(C)O)c2c1=O. The minimum atomic E-state index is -0.964. The van der Waals surface area contributed by atoms with Gasteiger partial charge < -0.3 is 9.67 Å². The highest BCUT2D eigenvalue weighted by Crippen LogP contribution is 2.10. The molecule has 2 aromatic rings. The van der Waals surface area contributed by atoms with Crippen molar-refractivity contribution in [2.45, 2.75) is 26.0 Å². The predicted molar refractivity (Wildman–Crippen MR) is 61.9 cm³/mol. The highest BCUT2D eigenvalue weighted by Gasteiger charge is 2.17. The predicted octanol–water partition coefficient (Wildman–Crippen LogP) is -0.806. The van der Waals surface area contributed by atoms with Crippen LogP contribution in [-0.4, -0.2) is 29.8 Å². The highest BCUT2D eigenvalue weighted by atomic mass is 16.3. The van der Waals surface area contributed by atoms with Crippen molar-refractivity contribution >= 4 is 11.2 Å². The van der Waals surface area contributed by atoms with Crippen molar-refractivity contribution in [3.8, 4) is 0 Å². The van der Waals surface area contributed by atoms with E-state index < -0.39 is 16.9 Å². The van der Waals surface area contributed by atoms with Crippen LogP contribution in [0.5, 0.6) is 0 Å². The van der Waals surface area contributed by atoms with E-state index in [9.17, 15) is 14.7 Å². The second-order valence-corrected chi connectivity index (χ2v) is 4.68. The summed E-state index contributed by atoms with van der Waals surface area (Å²) in [6.07, 6.45) is 1.43. The molecule has 7 nitrogen and oxygen atoms in total. The Morgan fingerprint density at radius 1 is 1.47 bits per heavy atom. The Labute approximate surface area is 96.3 Å². The summed E-state index contributed by atoms with van der Waals surface area (Å²) in [5.41, 5.74) is -1.37. The van der Waals surface area contributed by atoms with Gasteiger partial charge in [0.2, 0.25) is 0 Å². The Balaban J connectivity index is 2.73. The third kappa shape index (κ3) is 2.01. The van der Waals surface area contributed by atoms with Crippen molar-refractivity contribution in [3.63, 3.8) is 0 Å². The molecule has 0 unspecified atom stereocenters. The average Bonchev–Trinajstić information content (AvgIpc) is 2.55. The third-order valence-electron chi connectivity index (χ3n) is 2.43. The van der Waals surface area contributed by atoms with Crippen LogP contribution in [0.4, 0.5) is 0 Å². The monoisotopic (exact) mass is 238 g/mol. The quantitative estimate of drug-likeness (QED) is 0.716. The molecule has 0 amide bonds. The summed E-state index contributed by atoms with van der Waals surface area (Å²) in [5, 5.41) is 9.73. The van der Waals surface area contributed by atoms with Crippen molar-refractivity contribution in [1.82, 2.24) is 19.1 Å². The van der Waals surface area contributed by atoms with Gasteiger partial charge in [0, 0.05) is 7.05 Å². The lowest BCUT2D eigenvalue weighted by molar-refractivity contribution is 0.0626. The maximum Gasteiger partial charge on any atom is 0.329 e. The van der Waals surface area contributed by atoms with Gasteiger partial charge in [-0.2, -0.15) is 0 Å². The van der Waals surface area contributed by atoms with Gasteiger partial charge in [-0.15, -0.1) is 0 Å². The Morgan fingerprint density at radius 2 is 2.12 bits per heavy atom. The largest absolute Gasteiger partial charge is 0.389 e. The minimum Gasteiger partial charge on any atom is -0.389 e. The Bertz CT molecular complexity index is 671. The summed E-state index contributed by atoms with van der Waals surface area (Å²) in [6, 6.07) is 0. The molecule has 0 saturated carbocycles. The van der Waals surface area contributed by atoms with Crippen molar-refractivity contribution < 1.29 is 5.11 Å². The standard InChI is InChI=1S/C10H14N4O3/c1-10(2,17)4-14-5-11-7-6(14)8(15)13(3)9(16)12-7/h5,17H,4H2,1-3H3,(H,12,16). The first-order chi connectivity index (χ1) is 7.79. The number of aromatic nitrogens is 4. The van der Waals surface area contributed by atoms with Crippen molar-refractivity contribution in [3.05, 3.63) is 27.2 Å². The normalized spacial score (nSPS) is 12.2. The van der Waals surface area contributed by atoms with E-state index in [4.69, 9.17) is 0 Å². The second kappa shape index (κ2) is 3.56. The Hall–Kier alpha value is -1.89. The molecule has 2 heterocycles. The number of nitrogens with one attached hydrogen (secondary N) is 1. The first kappa shape index (κ1) is 11.6. The maximum atomic E-state index is 11.9. The third-order valence-corrected chi connectivity index (χ3v) is 2.43. The molecule has 0 radical (unpaired) electrons. The van der Waals surface area contributed by atoms with Crippen LogP contribution in [0.3, 0.4) is 0 Å². The lowest BCUT2D eigenvalue weighted by atomic mass is 10.1. The molecular formula is C10H14N4O3. The molecule has 0 fully saturated rings. The zero-order chi connectivity index (χ0) is 12.8. The number of imidazole rings is 1. The molecule has 2 rings (SSSR count). The number of nitrogens with zero attached hydrogens (tertiary/aromatic N) is 3. The van der Waals surface area contributed by atoms with E-state index in [1.165, 1.54) is 17.9 Å². The van der Waals surface area contributed by atoms with Crippen LogP contribution < -0.4 is 11.2 Å². The fourth-order valence-electron chi connectivity index (χ4n) is 1.67. The van der Waals surface area contributed by atoms with Gasteiger partial charge in [0.25, 0.3) is 5.56 Å². The molecule has 17 heavy (non-hydrogen) atoms. The smallest absolute Gasteiger partial charge is 0.329 e. The molecule has 0 aromatic carbocycles. The van der Waals surface area contributed by atoms with Gasteiger partial charge in [0.05, 0.1) is 18.5 Å². The molecule has 0 bridgehead atoms. The molecule has 2 aromatic heterocycles. The van der Waals surface area contributed by atoms with Crippen LogP contribution in [0.25, 0.3) is 11.2 Å². The molecular weight excluding hydrogens is 224 g/mol.